The maximum atomic E-state index is 12.1. The number of hydrogen-bond acceptors (Lipinski definition) is 3. The fourth-order valence-corrected chi connectivity index (χ4v) is 3.63. The number of rotatable bonds is 3. The summed E-state index contributed by atoms with van der Waals surface area (Å²) in [5.41, 5.74) is 5.07. The average Bonchev–Trinajstić information content (AvgIpc) is 2.82. The molecule has 0 fully saturated rings. The Morgan fingerprint density at radius 3 is 2.77 bits per heavy atom. The lowest BCUT2D eigenvalue weighted by Crippen LogP contribution is -2.23. The lowest BCUT2D eigenvalue weighted by molar-refractivity contribution is 0.505. The molecule has 1 aliphatic rings. The highest BCUT2D eigenvalue weighted by Crippen LogP contribution is 2.35. The molecular weight excluding hydrogens is 324 g/mol. The van der Waals surface area contributed by atoms with Crippen molar-refractivity contribution in [2.75, 3.05) is 0 Å². The molecule has 0 saturated heterocycles. The molecule has 3 heterocycles. The van der Waals surface area contributed by atoms with Gasteiger partial charge >= 0.3 is 0 Å². The van der Waals surface area contributed by atoms with Gasteiger partial charge in [0, 0.05) is 12.3 Å². The van der Waals surface area contributed by atoms with Crippen LogP contribution in [0, 0.1) is 0 Å². The molecule has 0 amide bonds. The van der Waals surface area contributed by atoms with Gasteiger partial charge in [-0.25, -0.2) is 9.20 Å². The molecule has 5 nitrogen and oxygen atoms in total. The standard InChI is InChI=1S/C21H24N4O/c1-15(2)25-19(26)13-12-17(22-25)20-18-11-7-8-14-24(18)23-21(20)16-9-5-3-4-6-10-16/h7-9,11-15H,3-6,10H2,1-2H3. The summed E-state index contributed by atoms with van der Waals surface area (Å²) in [6.45, 7) is 3.95. The topological polar surface area (TPSA) is 52.2 Å². The smallest absolute Gasteiger partial charge is 0.267 e. The molecule has 1 aliphatic carbocycles. The number of fused-ring (bicyclic) bond motifs is 1. The van der Waals surface area contributed by atoms with Gasteiger partial charge in [-0.3, -0.25) is 4.79 Å². The number of allylic oxidation sites excluding steroid dienone is 2. The van der Waals surface area contributed by atoms with E-state index in [1.165, 1.54) is 24.8 Å². The van der Waals surface area contributed by atoms with Crippen molar-refractivity contribution in [3.8, 4) is 11.3 Å². The molecule has 26 heavy (non-hydrogen) atoms. The molecule has 0 bridgehead atoms. The molecular formula is C21H24N4O. The normalized spacial score (nSPS) is 15.3. The van der Waals surface area contributed by atoms with E-state index in [1.807, 2.05) is 42.8 Å². The predicted molar refractivity (Wildman–Crippen MR) is 104 cm³/mol. The van der Waals surface area contributed by atoms with Crippen molar-refractivity contribution in [2.45, 2.75) is 52.0 Å². The average molecular weight is 348 g/mol. The Morgan fingerprint density at radius 2 is 1.92 bits per heavy atom. The van der Waals surface area contributed by atoms with Crippen molar-refractivity contribution in [3.63, 3.8) is 0 Å². The fraction of sp³-hybridized carbons (Fsp3) is 0.381. The van der Waals surface area contributed by atoms with E-state index in [9.17, 15) is 4.79 Å². The Morgan fingerprint density at radius 1 is 1.04 bits per heavy atom. The zero-order chi connectivity index (χ0) is 18.1. The molecule has 0 aromatic carbocycles. The molecule has 0 N–H and O–H groups in total. The third kappa shape index (κ3) is 2.98. The van der Waals surface area contributed by atoms with Gasteiger partial charge < -0.3 is 0 Å². The molecule has 3 aromatic heterocycles. The van der Waals surface area contributed by atoms with Crippen molar-refractivity contribution < 1.29 is 0 Å². The minimum Gasteiger partial charge on any atom is -0.268 e. The Kier molecular flexibility index (Phi) is 4.45. The van der Waals surface area contributed by atoms with Gasteiger partial charge in [0.15, 0.2) is 0 Å². The molecule has 0 saturated carbocycles. The molecule has 0 atom stereocenters. The van der Waals surface area contributed by atoms with Crippen LogP contribution in [0.25, 0.3) is 22.3 Å². The van der Waals surface area contributed by atoms with E-state index >= 15 is 0 Å². The molecule has 4 rings (SSSR count). The monoisotopic (exact) mass is 348 g/mol. The number of nitrogens with zero attached hydrogens (tertiary/aromatic N) is 4. The van der Waals surface area contributed by atoms with Crippen LogP contribution in [0.2, 0.25) is 0 Å². The Hall–Kier alpha value is -2.69. The van der Waals surface area contributed by atoms with Gasteiger partial charge in [-0.15, -0.1) is 0 Å². The summed E-state index contributed by atoms with van der Waals surface area (Å²) in [6, 6.07) is 9.52. The van der Waals surface area contributed by atoms with Gasteiger partial charge in [0.05, 0.1) is 28.5 Å². The lowest BCUT2D eigenvalue weighted by atomic mass is 10.0. The van der Waals surface area contributed by atoms with Crippen molar-refractivity contribution in [3.05, 3.63) is 58.7 Å². The van der Waals surface area contributed by atoms with E-state index < -0.39 is 0 Å². The molecule has 134 valence electrons. The summed E-state index contributed by atoms with van der Waals surface area (Å²) < 4.78 is 3.47. The van der Waals surface area contributed by atoms with E-state index in [-0.39, 0.29) is 11.6 Å². The maximum absolute atomic E-state index is 12.1. The Bertz CT molecular complexity index is 1030. The minimum atomic E-state index is -0.0737. The highest BCUT2D eigenvalue weighted by Gasteiger charge is 2.20. The van der Waals surface area contributed by atoms with E-state index in [0.717, 1.165) is 35.3 Å². The van der Waals surface area contributed by atoms with Crippen LogP contribution in [0.5, 0.6) is 0 Å². The second-order valence-electron chi connectivity index (χ2n) is 7.18. The van der Waals surface area contributed by atoms with Crippen LogP contribution in [0.4, 0.5) is 0 Å². The molecule has 0 unspecified atom stereocenters. The molecule has 0 spiro atoms. The highest BCUT2D eigenvalue weighted by atomic mass is 16.1. The second-order valence-corrected chi connectivity index (χ2v) is 7.18. The van der Waals surface area contributed by atoms with Gasteiger partial charge in [0.25, 0.3) is 5.56 Å². The van der Waals surface area contributed by atoms with Gasteiger partial charge in [-0.2, -0.15) is 10.2 Å². The first-order chi connectivity index (χ1) is 12.6. The van der Waals surface area contributed by atoms with E-state index in [1.54, 1.807) is 10.7 Å². The summed E-state index contributed by atoms with van der Waals surface area (Å²) >= 11 is 0. The highest BCUT2D eigenvalue weighted by molar-refractivity contribution is 5.88. The third-order valence-electron chi connectivity index (χ3n) is 4.96. The molecule has 3 aromatic rings. The van der Waals surface area contributed by atoms with Crippen LogP contribution in [0.3, 0.4) is 0 Å². The number of aromatic nitrogens is 4. The predicted octanol–water partition coefficient (Wildman–Crippen LogP) is 4.49. The van der Waals surface area contributed by atoms with Crippen LogP contribution >= 0.6 is 0 Å². The maximum Gasteiger partial charge on any atom is 0.267 e. The Balaban J connectivity index is 1.96. The number of hydrogen-bond donors (Lipinski definition) is 0. The lowest BCUT2D eigenvalue weighted by Gasteiger charge is -2.11. The van der Waals surface area contributed by atoms with Crippen molar-refractivity contribution >= 4 is 11.1 Å². The van der Waals surface area contributed by atoms with Crippen molar-refractivity contribution in [1.29, 1.82) is 0 Å². The van der Waals surface area contributed by atoms with Gasteiger partial charge in [0.1, 0.15) is 0 Å². The van der Waals surface area contributed by atoms with Gasteiger partial charge in [-0.05, 0) is 63.3 Å². The zero-order valence-electron chi connectivity index (χ0n) is 15.4. The third-order valence-corrected chi connectivity index (χ3v) is 4.96. The fourth-order valence-electron chi connectivity index (χ4n) is 3.63. The SMILES string of the molecule is CC(C)n1nc(-c2c(C3=CCCCCC3)nn3ccccc23)ccc1=O. The first-order valence-corrected chi connectivity index (χ1v) is 9.42. The molecule has 0 aliphatic heterocycles. The summed E-state index contributed by atoms with van der Waals surface area (Å²) in [5.74, 6) is 0. The van der Waals surface area contributed by atoms with E-state index in [4.69, 9.17) is 5.10 Å². The summed E-state index contributed by atoms with van der Waals surface area (Å²) in [4.78, 5) is 12.1. The summed E-state index contributed by atoms with van der Waals surface area (Å²) in [6.07, 6.45) is 10.1. The van der Waals surface area contributed by atoms with E-state index in [2.05, 4.69) is 17.2 Å². The minimum absolute atomic E-state index is 0.0184. The first-order valence-electron chi connectivity index (χ1n) is 9.42. The largest absolute Gasteiger partial charge is 0.268 e. The van der Waals surface area contributed by atoms with Crippen LogP contribution in [-0.4, -0.2) is 19.4 Å². The molecule has 5 heteroatoms. The zero-order valence-corrected chi connectivity index (χ0v) is 15.4. The van der Waals surface area contributed by atoms with Crippen molar-refractivity contribution in [1.82, 2.24) is 19.4 Å². The second kappa shape index (κ2) is 6.90. The number of pyridine rings is 1. The van der Waals surface area contributed by atoms with Gasteiger partial charge in [-0.1, -0.05) is 18.6 Å². The van der Waals surface area contributed by atoms with Crippen LogP contribution in [-0.2, 0) is 0 Å². The van der Waals surface area contributed by atoms with Crippen LogP contribution in [0.15, 0.2) is 47.4 Å². The molecule has 0 radical (unpaired) electrons. The summed E-state index contributed by atoms with van der Waals surface area (Å²) in [5, 5.41) is 9.54. The summed E-state index contributed by atoms with van der Waals surface area (Å²) in [7, 11) is 0. The van der Waals surface area contributed by atoms with Crippen LogP contribution in [0.1, 0.15) is 57.7 Å². The first kappa shape index (κ1) is 16.8. The van der Waals surface area contributed by atoms with Crippen molar-refractivity contribution in [2.24, 2.45) is 0 Å². The Labute approximate surface area is 153 Å². The van der Waals surface area contributed by atoms with Gasteiger partial charge in [0.2, 0.25) is 0 Å². The van der Waals surface area contributed by atoms with E-state index in [0.29, 0.717) is 0 Å². The quantitative estimate of drug-likeness (QED) is 0.701. The van der Waals surface area contributed by atoms with Crippen LogP contribution < -0.4 is 5.56 Å².